The third-order valence-corrected chi connectivity index (χ3v) is 9.52. The molecular formula is C36H38N8O3. The number of anilines is 1. The number of nitrogens with zero attached hydrogens (tertiary/aromatic N) is 6. The van der Waals surface area contributed by atoms with E-state index in [0.717, 1.165) is 52.1 Å². The molecule has 2 aromatic carbocycles. The van der Waals surface area contributed by atoms with Gasteiger partial charge in [0, 0.05) is 79.8 Å². The molecule has 0 spiro atoms. The van der Waals surface area contributed by atoms with Crippen molar-refractivity contribution in [3.63, 3.8) is 0 Å². The van der Waals surface area contributed by atoms with Crippen molar-refractivity contribution in [2.45, 2.75) is 37.7 Å². The van der Waals surface area contributed by atoms with Gasteiger partial charge in [-0.3, -0.25) is 24.6 Å². The number of aromatic amines is 1. The summed E-state index contributed by atoms with van der Waals surface area (Å²) in [6, 6.07) is 19.9. The lowest BCUT2D eigenvalue weighted by molar-refractivity contribution is -0.138. The summed E-state index contributed by atoms with van der Waals surface area (Å²) in [6.45, 7) is 4.60. The van der Waals surface area contributed by atoms with Gasteiger partial charge in [-0.1, -0.05) is 24.3 Å². The number of hydrogen-bond donors (Lipinski definition) is 2. The Balaban J connectivity index is 0.941. The van der Waals surface area contributed by atoms with Gasteiger partial charge in [-0.05, 0) is 74.1 Å². The molecule has 0 saturated carbocycles. The summed E-state index contributed by atoms with van der Waals surface area (Å²) < 4.78 is 5.86. The average molecular weight is 631 g/mol. The minimum Gasteiger partial charge on any atom is -0.367 e. The van der Waals surface area contributed by atoms with Crippen LogP contribution in [0.1, 0.15) is 36.4 Å². The number of H-pyrrole nitrogens is 1. The molecule has 2 aliphatic heterocycles. The maximum Gasteiger partial charge on any atom is 0.258 e. The number of benzene rings is 2. The molecule has 1 atom stereocenters. The molecule has 11 nitrogen and oxygen atoms in total. The normalized spacial score (nSPS) is 18.9. The highest BCUT2D eigenvalue weighted by atomic mass is 16.5. The fraction of sp³-hybridized carbons (Fsp3) is 0.333. The Kier molecular flexibility index (Phi) is 8.48. The van der Waals surface area contributed by atoms with Gasteiger partial charge in [-0.2, -0.15) is 5.10 Å². The standard InChI is InChI=1S/C36H38N8O3/c1-24-20-28(10-16-37-24)33-30-21-29(8-9-31(30)41-42-33)40-35(46)36(47-2)13-19-43(23-36)22-32(45)44-17-11-26(12-18-44)25-4-6-27(7-5-25)34-38-14-3-15-39-34/h3-10,14-16,20-21,26H,11-13,17-19,22-23H2,1-2H3,(H,40,46)(H,41,42)/t36-/m0/s1. The summed E-state index contributed by atoms with van der Waals surface area (Å²) in [6.07, 6.45) is 7.60. The lowest BCUT2D eigenvalue weighted by atomic mass is 9.89. The van der Waals surface area contributed by atoms with E-state index < -0.39 is 5.60 Å². The van der Waals surface area contributed by atoms with Crippen LogP contribution < -0.4 is 5.32 Å². The van der Waals surface area contributed by atoms with Gasteiger partial charge in [-0.15, -0.1) is 0 Å². The summed E-state index contributed by atoms with van der Waals surface area (Å²) >= 11 is 0. The molecule has 0 radical (unpaired) electrons. The van der Waals surface area contributed by atoms with Crippen molar-refractivity contribution in [2.24, 2.45) is 0 Å². The number of carbonyl (C=O) groups is 2. The van der Waals surface area contributed by atoms with E-state index >= 15 is 0 Å². The number of aryl methyl sites for hydroxylation is 1. The topological polar surface area (TPSA) is 129 Å². The first-order chi connectivity index (χ1) is 22.9. The third kappa shape index (κ3) is 6.36. The van der Waals surface area contributed by atoms with E-state index in [4.69, 9.17) is 4.74 Å². The minimum atomic E-state index is -1.04. The van der Waals surface area contributed by atoms with Crippen molar-refractivity contribution >= 4 is 28.4 Å². The second-order valence-corrected chi connectivity index (χ2v) is 12.5. The van der Waals surface area contributed by atoms with Crippen LogP contribution in [0.15, 0.2) is 79.3 Å². The molecule has 240 valence electrons. The van der Waals surface area contributed by atoms with Gasteiger partial charge in [0.25, 0.3) is 5.91 Å². The summed E-state index contributed by atoms with van der Waals surface area (Å²) in [7, 11) is 1.57. The molecule has 2 N–H and O–H groups in total. The molecular weight excluding hydrogens is 592 g/mol. The molecule has 2 aliphatic rings. The molecule has 3 aromatic heterocycles. The minimum absolute atomic E-state index is 0.0941. The second kappa shape index (κ2) is 13.0. The molecule has 0 aliphatic carbocycles. The highest BCUT2D eigenvalue weighted by Crippen LogP contribution is 2.32. The Morgan fingerprint density at radius 3 is 2.49 bits per heavy atom. The zero-order chi connectivity index (χ0) is 32.4. The van der Waals surface area contributed by atoms with Crippen molar-refractivity contribution in [3.8, 4) is 22.6 Å². The number of ether oxygens (including phenoxy) is 1. The first kappa shape index (κ1) is 30.6. The molecule has 7 rings (SSSR count). The number of likely N-dealkylation sites (tertiary alicyclic amines) is 2. The summed E-state index contributed by atoms with van der Waals surface area (Å²) in [5.41, 5.74) is 5.43. The first-order valence-electron chi connectivity index (χ1n) is 16.1. The van der Waals surface area contributed by atoms with E-state index in [2.05, 4.69) is 54.7 Å². The van der Waals surface area contributed by atoms with E-state index in [-0.39, 0.29) is 18.4 Å². The SMILES string of the molecule is CO[C@@]1(C(=O)Nc2ccc3[nH]nc(-c4ccnc(C)c4)c3c2)CCN(CC(=O)N2CCC(c3ccc(-c4ncccn4)cc3)CC2)C1. The molecule has 5 heterocycles. The quantitative estimate of drug-likeness (QED) is 0.250. The smallest absolute Gasteiger partial charge is 0.258 e. The molecule has 2 fully saturated rings. The average Bonchev–Trinajstić information content (AvgIpc) is 3.73. The zero-order valence-electron chi connectivity index (χ0n) is 26.6. The van der Waals surface area contributed by atoms with Crippen LogP contribution in [0.5, 0.6) is 0 Å². The predicted octanol–water partition coefficient (Wildman–Crippen LogP) is 4.83. The Bertz CT molecular complexity index is 1890. The highest BCUT2D eigenvalue weighted by Gasteiger charge is 2.45. The Morgan fingerprint density at radius 1 is 0.957 bits per heavy atom. The van der Waals surface area contributed by atoms with E-state index in [1.807, 2.05) is 53.1 Å². The molecule has 0 unspecified atom stereocenters. The number of aromatic nitrogens is 5. The van der Waals surface area contributed by atoms with Gasteiger partial charge in [0.15, 0.2) is 11.4 Å². The highest BCUT2D eigenvalue weighted by molar-refractivity contribution is 6.01. The lowest BCUT2D eigenvalue weighted by Crippen LogP contribution is -2.48. The van der Waals surface area contributed by atoms with Crippen LogP contribution in [0, 0.1) is 6.92 Å². The number of hydrogen-bond acceptors (Lipinski definition) is 8. The molecule has 47 heavy (non-hydrogen) atoms. The summed E-state index contributed by atoms with van der Waals surface area (Å²) in [5.74, 6) is 1.01. The van der Waals surface area contributed by atoms with Gasteiger partial charge >= 0.3 is 0 Å². The van der Waals surface area contributed by atoms with Crippen molar-refractivity contribution in [2.75, 3.05) is 45.2 Å². The molecule has 11 heteroatoms. The van der Waals surface area contributed by atoms with E-state index in [0.29, 0.717) is 44.2 Å². The second-order valence-electron chi connectivity index (χ2n) is 12.5. The maximum absolute atomic E-state index is 13.7. The number of methoxy groups -OCH3 is 1. The van der Waals surface area contributed by atoms with E-state index in [9.17, 15) is 9.59 Å². The van der Waals surface area contributed by atoms with Crippen LogP contribution in [0.3, 0.4) is 0 Å². The van der Waals surface area contributed by atoms with Crippen molar-refractivity contribution in [1.29, 1.82) is 0 Å². The number of piperidine rings is 1. The molecule has 2 saturated heterocycles. The van der Waals surface area contributed by atoms with Crippen LogP contribution in [0.4, 0.5) is 5.69 Å². The maximum atomic E-state index is 13.7. The van der Waals surface area contributed by atoms with Crippen molar-refractivity contribution in [1.82, 2.24) is 34.9 Å². The number of fused-ring (bicyclic) bond motifs is 1. The van der Waals surface area contributed by atoms with E-state index in [1.54, 1.807) is 25.7 Å². The van der Waals surface area contributed by atoms with Gasteiger partial charge in [-0.25, -0.2) is 9.97 Å². The zero-order valence-corrected chi connectivity index (χ0v) is 26.6. The number of rotatable bonds is 8. The number of amides is 2. The largest absolute Gasteiger partial charge is 0.367 e. The summed E-state index contributed by atoms with van der Waals surface area (Å²) in [4.78, 5) is 43.9. The first-order valence-corrected chi connectivity index (χ1v) is 16.1. The van der Waals surface area contributed by atoms with Crippen LogP contribution in [-0.2, 0) is 14.3 Å². The molecule has 2 amide bonds. The van der Waals surface area contributed by atoms with Gasteiger partial charge < -0.3 is 15.0 Å². The molecule has 0 bridgehead atoms. The van der Waals surface area contributed by atoms with Crippen molar-refractivity contribution < 1.29 is 14.3 Å². The van der Waals surface area contributed by atoms with Gasteiger partial charge in [0.05, 0.1) is 12.1 Å². The van der Waals surface area contributed by atoms with Gasteiger partial charge in [0.2, 0.25) is 5.91 Å². The van der Waals surface area contributed by atoms with Crippen LogP contribution in [0.25, 0.3) is 33.5 Å². The van der Waals surface area contributed by atoms with Crippen LogP contribution in [-0.4, -0.2) is 92.2 Å². The number of pyridine rings is 1. The van der Waals surface area contributed by atoms with E-state index in [1.165, 1.54) is 5.56 Å². The Labute approximate surface area is 273 Å². The fourth-order valence-corrected chi connectivity index (χ4v) is 6.79. The Morgan fingerprint density at radius 2 is 1.74 bits per heavy atom. The lowest BCUT2D eigenvalue weighted by Gasteiger charge is -2.33. The monoisotopic (exact) mass is 630 g/mol. The fourth-order valence-electron chi connectivity index (χ4n) is 6.79. The summed E-state index contributed by atoms with van der Waals surface area (Å²) in [5, 5.41) is 11.6. The van der Waals surface area contributed by atoms with Gasteiger partial charge in [0.1, 0.15) is 5.69 Å². The van der Waals surface area contributed by atoms with Crippen LogP contribution in [0.2, 0.25) is 0 Å². The predicted molar refractivity (Wildman–Crippen MR) is 180 cm³/mol. The van der Waals surface area contributed by atoms with Crippen molar-refractivity contribution in [3.05, 3.63) is 90.5 Å². The third-order valence-electron chi connectivity index (χ3n) is 9.52. The number of carbonyl (C=O) groups excluding carboxylic acids is 2. The number of nitrogens with one attached hydrogen (secondary N) is 2. The Hall–Kier alpha value is -5.00. The molecule has 5 aromatic rings. The van der Waals surface area contributed by atoms with Crippen LogP contribution >= 0.6 is 0 Å².